The number of methoxy groups -OCH3 is 2. The number of hydrogen-bond acceptors (Lipinski definition) is 5. The zero-order valence-electron chi connectivity index (χ0n) is 14.6. The molecule has 0 radical (unpaired) electrons. The summed E-state index contributed by atoms with van der Waals surface area (Å²) in [6, 6.07) is 5.85. The molecule has 0 aromatic heterocycles. The molecule has 2 fully saturated rings. The summed E-state index contributed by atoms with van der Waals surface area (Å²) in [6.45, 7) is 2.25. The van der Waals surface area contributed by atoms with E-state index in [1.54, 1.807) is 14.2 Å². The molecule has 2 aliphatic rings. The maximum absolute atomic E-state index is 11.7. The molecule has 1 amide bonds. The minimum absolute atomic E-state index is 0.0883. The predicted octanol–water partition coefficient (Wildman–Crippen LogP) is 1.26. The number of benzene rings is 1. The highest BCUT2D eigenvalue weighted by Gasteiger charge is 2.51. The molecular formula is C18H24N2O5. The third-order valence-corrected chi connectivity index (χ3v) is 5.35. The molecule has 2 N–H and O–H groups in total. The van der Waals surface area contributed by atoms with E-state index in [1.807, 2.05) is 18.2 Å². The lowest BCUT2D eigenvalue weighted by Gasteiger charge is -2.41. The Morgan fingerprint density at radius 2 is 1.96 bits per heavy atom. The molecule has 1 atom stereocenters. The number of ether oxygens (including phenoxy) is 2. The molecule has 7 nitrogen and oxygen atoms in total. The summed E-state index contributed by atoms with van der Waals surface area (Å²) in [7, 11) is 3.22. The van der Waals surface area contributed by atoms with Gasteiger partial charge in [0.25, 0.3) is 0 Å². The van der Waals surface area contributed by atoms with Crippen molar-refractivity contribution < 1.29 is 24.2 Å². The van der Waals surface area contributed by atoms with Gasteiger partial charge in [-0.25, -0.2) is 0 Å². The van der Waals surface area contributed by atoms with Crippen LogP contribution in [-0.4, -0.2) is 54.7 Å². The van der Waals surface area contributed by atoms with Crippen LogP contribution in [0.1, 0.15) is 24.8 Å². The van der Waals surface area contributed by atoms with E-state index in [1.165, 1.54) is 0 Å². The first-order valence-corrected chi connectivity index (χ1v) is 8.44. The van der Waals surface area contributed by atoms with Crippen molar-refractivity contribution >= 4 is 11.9 Å². The van der Waals surface area contributed by atoms with Gasteiger partial charge in [0.05, 0.1) is 25.7 Å². The highest BCUT2D eigenvalue weighted by molar-refractivity contribution is 5.88. The van der Waals surface area contributed by atoms with Gasteiger partial charge in [-0.1, -0.05) is 6.07 Å². The number of nitrogens with one attached hydrogen (secondary N) is 1. The van der Waals surface area contributed by atoms with Crippen LogP contribution >= 0.6 is 0 Å². The first-order chi connectivity index (χ1) is 12.0. The van der Waals surface area contributed by atoms with E-state index in [4.69, 9.17) is 9.47 Å². The average molecular weight is 348 g/mol. The Bertz CT molecular complexity index is 667. The van der Waals surface area contributed by atoms with Gasteiger partial charge in [-0.05, 0) is 30.5 Å². The van der Waals surface area contributed by atoms with Crippen LogP contribution in [0.5, 0.6) is 11.5 Å². The van der Waals surface area contributed by atoms with Crippen molar-refractivity contribution in [2.45, 2.75) is 31.3 Å². The van der Waals surface area contributed by atoms with Crippen LogP contribution in [-0.2, 0) is 16.1 Å². The number of carboxylic acid groups (broad SMARTS) is 1. The van der Waals surface area contributed by atoms with E-state index in [0.717, 1.165) is 25.2 Å². The molecule has 0 unspecified atom stereocenters. The van der Waals surface area contributed by atoms with Gasteiger partial charge in [-0.15, -0.1) is 0 Å². The smallest absolute Gasteiger partial charge is 0.309 e. The van der Waals surface area contributed by atoms with E-state index >= 15 is 0 Å². The lowest BCUT2D eigenvalue weighted by Crippen LogP contribution is -2.55. The lowest BCUT2D eigenvalue weighted by atomic mass is 9.77. The van der Waals surface area contributed by atoms with Crippen molar-refractivity contribution in [1.82, 2.24) is 10.2 Å². The first kappa shape index (κ1) is 17.5. The monoisotopic (exact) mass is 348 g/mol. The summed E-state index contributed by atoms with van der Waals surface area (Å²) in [5.41, 5.74) is 0.524. The van der Waals surface area contributed by atoms with Crippen LogP contribution in [0.3, 0.4) is 0 Å². The van der Waals surface area contributed by atoms with Crippen LogP contribution < -0.4 is 14.8 Å². The molecule has 2 aliphatic heterocycles. The standard InChI is InChI=1S/C18H24N2O5/c1-24-14-4-3-12(9-15(14)25-2)11-20-7-5-18(6-8-20)13(17(22)23)10-16(21)19-18/h3-4,9,13H,5-8,10-11H2,1-2H3,(H,19,21)(H,22,23)/t13-/m0/s1. The molecule has 136 valence electrons. The van der Waals surface area contributed by atoms with Crippen LogP contribution in [0.2, 0.25) is 0 Å². The topological polar surface area (TPSA) is 88.1 Å². The van der Waals surface area contributed by atoms with Crippen molar-refractivity contribution in [2.75, 3.05) is 27.3 Å². The van der Waals surface area contributed by atoms with E-state index in [9.17, 15) is 14.7 Å². The summed E-state index contributed by atoms with van der Waals surface area (Å²) in [5.74, 6) is -0.264. The Morgan fingerprint density at radius 3 is 2.56 bits per heavy atom. The Hall–Kier alpha value is -2.28. The second kappa shape index (κ2) is 6.92. The van der Waals surface area contributed by atoms with Crippen LogP contribution in [0.25, 0.3) is 0 Å². The summed E-state index contributed by atoms with van der Waals surface area (Å²) in [6.07, 6.45) is 1.40. The minimum atomic E-state index is -0.883. The number of nitrogens with zero attached hydrogens (tertiary/aromatic N) is 1. The summed E-state index contributed by atoms with van der Waals surface area (Å²) in [5, 5.41) is 12.4. The maximum Gasteiger partial charge on any atom is 0.309 e. The van der Waals surface area contributed by atoms with Gasteiger partial charge in [0, 0.05) is 26.1 Å². The number of hydrogen-bond donors (Lipinski definition) is 2. The molecular weight excluding hydrogens is 324 g/mol. The van der Waals surface area contributed by atoms with Crippen molar-refractivity contribution in [3.63, 3.8) is 0 Å². The Labute approximate surface area is 146 Å². The van der Waals surface area contributed by atoms with E-state index in [2.05, 4.69) is 10.2 Å². The SMILES string of the molecule is COc1ccc(CN2CCC3(CC2)NC(=O)C[C@H]3C(=O)O)cc1OC. The molecule has 0 aliphatic carbocycles. The van der Waals surface area contributed by atoms with Gasteiger partial charge >= 0.3 is 5.97 Å². The van der Waals surface area contributed by atoms with Gasteiger partial charge in [0.2, 0.25) is 5.91 Å². The fourth-order valence-electron chi connectivity index (χ4n) is 3.94. The van der Waals surface area contributed by atoms with Crippen LogP contribution in [0.15, 0.2) is 18.2 Å². The molecule has 2 saturated heterocycles. The van der Waals surface area contributed by atoms with Gasteiger partial charge < -0.3 is 19.9 Å². The Balaban J connectivity index is 1.65. The lowest BCUT2D eigenvalue weighted by molar-refractivity contribution is -0.144. The molecule has 3 rings (SSSR count). The molecule has 0 bridgehead atoms. The fraction of sp³-hybridized carbons (Fsp3) is 0.556. The minimum Gasteiger partial charge on any atom is -0.493 e. The number of likely N-dealkylation sites (tertiary alicyclic amines) is 1. The van der Waals surface area contributed by atoms with E-state index in [0.29, 0.717) is 24.3 Å². The summed E-state index contributed by atoms with van der Waals surface area (Å²) >= 11 is 0. The van der Waals surface area contributed by atoms with Gasteiger partial charge in [-0.3, -0.25) is 14.5 Å². The van der Waals surface area contributed by atoms with Crippen molar-refractivity contribution in [3.8, 4) is 11.5 Å². The number of carbonyl (C=O) groups excluding carboxylic acids is 1. The van der Waals surface area contributed by atoms with Gasteiger partial charge in [0.15, 0.2) is 11.5 Å². The molecule has 1 aromatic rings. The quantitative estimate of drug-likeness (QED) is 0.833. The maximum atomic E-state index is 11.7. The highest BCUT2D eigenvalue weighted by atomic mass is 16.5. The number of carboxylic acids is 1. The second-order valence-electron chi connectivity index (χ2n) is 6.76. The van der Waals surface area contributed by atoms with Crippen LogP contribution in [0, 0.1) is 5.92 Å². The van der Waals surface area contributed by atoms with Crippen molar-refractivity contribution in [3.05, 3.63) is 23.8 Å². The van der Waals surface area contributed by atoms with Crippen molar-refractivity contribution in [1.29, 1.82) is 0 Å². The third kappa shape index (κ3) is 3.42. The second-order valence-corrected chi connectivity index (χ2v) is 6.76. The zero-order chi connectivity index (χ0) is 18.0. The van der Waals surface area contributed by atoms with Crippen LogP contribution in [0.4, 0.5) is 0 Å². The van der Waals surface area contributed by atoms with E-state index < -0.39 is 17.4 Å². The molecule has 2 heterocycles. The molecule has 7 heteroatoms. The number of aliphatic carboxylic acids is 1. The predicted molar refractivity (Wildman–Crippen MR) is 90.7 cm³/mol. The molecule has 25 heavy (non-hydrogen) atoms. The number of rotatable bonds is 5. The zero-order valence-corrected chi connectivity index (χ0v) is 14.6. The third-order valence-electron chi connectivity index (χ3n) is 5.35. The van der Waals surface area contributed by atoms with Gasteiger partial charge in [-0.2, -0.15) is 0 Å². The molecule has 1 aromatic carbocycles. The van der Waals surface area contributed by atoms with E-state index in [-0.39, 0.29) is 12.3 Å². The molecule has 0 saturated carbocycles. The normalized spacial score (nSPS) is 22.6. The Kier molecular flexibility index (Phi) is 4.85. The largest absolute Gasteiger partial charge is 0.493 e. The fourth-order valence-corrected chi connectivity index (χ4v) is 3.94. The highest BCUT2D eigenvalue weighted by Crippen LogP contribution is 2.37. The number of amides is 1. The first-order valence-electron chi connectivity index (χ1n) is 8.44. The average Bonchev–Trinajstić information content (AvgIpc) is 2.93. The van der Waals surface area contributed by atoms with Gasteiger partial charge in [0.1, 0.15) is 0 Å². The summed E-state index contributed by atoms with van der Waals surface area (Å²) < 4.78 is 10.6. The number of carbonyl (C=O) groups is 2. The van der Waals surface area contributed by atoms with Crippen molar-refractivity contribution in [2.24, 2.45) is 5.92 Å². The summed E-state index contributed by atoms with van der Waals surface area (Å²) in [4.78, 5) is 25.5. The molecule has 1 spiro atoms. The Morgan fingerprint density at radius 1 is 1.28 bits per heavy atom. The number of piperidine rings is 1.